The van der Waals surface area contributed by atoms with Crippen molar-refractivity contribution in [1.29, 1.82) is 5.26 Å². The maximum Gasteiger partial charge on any atom is 0.186 e. The molecule has 0 spiro atoms. The van der Waals surface area contributed by atoms with Gasteiger partial charge in [0.1, 0.15) is 0 Å². The fraction of sp³-hybridized carbons (Fsp3) is 0. The predicted molar refractivity (Wildman–Crippen MR) is 47.9 cm³/mol. The second kappa shape index (κ2) is 3.81. The van der Waals surface area contributed by atoms with E-state index in [0.29, 0.717) is 10.0 Å². The summed E-state index contributed by atoms with van der Waals surface area (Å²) in [7, 11) is 0. The van der Waals surface area contributed by atoms with Crippen LogP contribution in [0.3, 0.4) is 0 Å². The number of benzene rings is 1. The van der Waals surface area contributed by atoms with Crippen LogP contribution in [-0.2, 0) is 11.1 Å². The van der Waals surface area contributed by atoms with Crippen LogP contribution in [0.5, 0.6) is 0 Å². The van der Waals surface area contributed by atoms with Gasteiger partial charge in [0.2, 0.25) is 0 Å². The lowest BCUT2D eigenvalue weighted by Gasteiger charge is -1.96. The van der Waals surface area contributed by atoms with Crippen molar-refractivity contribution in [2.24, 2.45) is 0 Å². The Morgan fingerprint density at radius 2 is 2.17 bits per heavy atom. The lowest BCUT2D eigenvalue weighted by atomic mass is 10.2. The average molecular weight is 246 g/mol. The van der Waals surface area contributed by atoms with E-state index >= 15 is 0 Å². The molecule has 0 aromatic heterocycles. The fourth-order valence-corrected chi connectivity index (χ4v) is 1.83. The molecule has 0 bridgehead atoms. The number of nitrogens with zero attached hydrogens (tertiary/aromatic N) is 1. The van der Waals surface area contributed by atoms with Crippen LogP contribution < -0.4 is 0 Å². The van der Waals surface area contributed by atoms with Gasteiger partial charge in [0.05, 0.1) is 16.5 Å². The van der Waals surface area contributed by atoms with Gasteiger partial charge < -0.3 is 4.55 Å². The highest BCUT2D eigenvalue weighted by molar-refractivity contribution is 9.10. The summed E-state index contributed by atoms with van der Waals surface area (Å²) in [5.41, 5.74) is 0.363. The van der Waals surface area contributed by atoms with E-state index in [1.54, 1.807) is 6.07 Å². The highest BCUT2D eigenvalue weighted by Gasteiger charge is 2.02. The molecule has 0 fully saturated rings. The third-order valence-corrected chi connectivity index (χ3v) is 2.30. The van der Waals surface area contributed by atoms with Crippen LogP contribution in [0, 0.1) is 11.3 Å². The summed E-state index contributed by atoms with van der Waals surface area (Å²) < 4.78 is 19.9. The Labute approximate surface area is 80.4 Å². The van der Waals surface area contributed by atoms with Gasteiger partial charge in [-0.15, -0.1) is 0 Å². The zero-order chi connectivity index (χ0) is 9.14. The molecule has 1 rings (SSSR count). The zero-order valence-electron chi connectivity index (χ0n) is 5.82. The van der Waals surface area contributed by atoms with E-state index in [4.69, 9.17) is 9.81 Å². The topological polar surface area (TPSA) is 61.1 Å². The molecule has 0 aliphatic rings. The third kappa shape index (κ3) is 2.14. The summed E-state index contributed by atoms with van der Waals surface area (Å²) in [4.78, 5) is 0.223. The first kappa shape index (κ1) is 9.39. The van der Waals surface area contributed by atoms with Crippen molar-refractivity contribution in [3.05, 3.63) is 28.2 Å². The summed E-state index contributed by atoms with van der Waals surface area (Å²) >= 11 is 1.09. The van der Waals surface area contributed by atoms with Gasteiger partial charge in [-0.3, -0.25) is 0 Å². The summed E-state index contributed by atoms with van der Waals surface area (Å²) in [6.45, 7) is 0. The molecule has 0 radical (unpaired) electrons. The molecule has 0 saturated carbocycles. The Hall–Kier alpha value is -0.700. The minimum Gasteiger partial charge on any atom is -0.302 e. The molecule has 62 valence electrons. The maximum absolute atomic E-state index is 10.6. The summed E-state index contributed by atoms with van der Waals surface area (Å²) in [5.74, 6) is 0. The number of rotatable bonds is 1. The molecular weight excluding hydrogens is 242 g/mol. The van der Waals surface area contributed by atoms with E-state index in [0.717, 1.165) is 0 Å². The van der Waals surface area contributed by atoms with Crippen LogP contribution in [0.25, 0.3) is 0 Å². The normalized spacial score (nSPS) is 12.1. The number of nitriles is 1. The minimum absolute atomic E-state index is 0.223. The summed E-state index contributed by atoms with van der Waals surface area (Å²) in [6, 6.07) is 6.34. The fourth-order valence-electron chi connectivity index (χ4n) is 0.728. The molecule has 0 aliphatic carbocycles. The van der Waals surface area contributed by atoms with E-state index in [1.807, 2.05) is 6.07 Å². The lowest BCUT2D eigenvalue weighted by Crippen LogP contribution is -1.89. The van der Waals surface area contributed by atoms with Crippen molar-refractivity contribution >= 4 is 27.0 Å². The van der Waals surface area contributed by atoms with E-state index < -0.39 is 11.1 Å². The quantitative estimate of drug-likeness (QED) is 0.770. The SMILES string of the molecule is N#Cc1cc(Br)cc(S(=O)O)c1. The van der Waals surface area contributed by atoms with Crippen LogP contribution in [0.1, 0.15) is 5.56 Å². The number of hydrogen-bond donors (Lipinski definition) is 1. The largest absolute Gasteiger partial charge is 0.302 e. The standard InChI is InChI=1S/C7H4BrNO2S/c8-6-1-5(4-9)2-7(3-6)12(10)11/h1-3H,(H,10,11). The van der Waals surface area contributed by atoms with Gasteiger partial charge in [-0.05, 0) is 18.2 Å². The van der Waals surface area contributed by atoms with Crippen LogP contribution in [0.4, 0.5) is 0 Å². The lowest BCUT2D eigenvalue weighted by molar-refractivity contribution is 0.564. The van der Waals surface area contributed by atoms with Crippen LogP contribution in [-0.4, -0.2) is 8.76 Å². The summed E-state index contributed by atoms with van der Waals surface area (Å²) in [6.07, 6.45) is 0. The molecule has 12 heavy (non-hydrogen) atoms. The summed E-state index contributed by atoms with van der Waals surface area (Å²) in [5, 5.41) is 8.52. The Kier molecular flexibility index (Phi) is 2.98. The van der Waals surface area contributed by atoms with E-state index in [9.17, 15) is 4.21 Å². The second-order valence-electron chi connectivity index (χ2n) is 2.04. The molecule has 0 aliphatic heterocycles. The molecule has 0 saturated heterocycles. The van der Waals surface area contributed by atoms with Gasteiger partial charge in [-0.1, -0.05) is 15.9 Å². The monoisotopic (exact) mass is 245 g/mol. The smallest absolute Gasteiger partial charge is 0.186 e. The van der Waals surface area contributed by atoms with E-state index in [-0.39, 0.29) is 4.90 Å². The van der Waals surface area contributed by atoms with Gasteiger partial charge in [-0.2, -0.15) is 5.26 Å². The maximum atomic E-state index is 10.6. The molecule has 0 amide bonds. The van der Waals surface area contributed by atoms with Crippen molar-refractivity contribution in [2.75, 3.05) is 0 Å². The van der Waals surface area contributed by atoms with Crippen LogP contribution in [0.15, 0.2) is 27.6 Å². The van der Waals surface area contributed by atoms with Gasteiger partial charge >= 0.3 is 0 Å². The van der Waals surface area contributed by atoms with Crippen molar-refractivity contribution in [2.45, 2.75) is 4.90 Å². The molecule has 1 N–H and O–H groups in total. The first-order valence-corrected chi connectivity index (χ1v) is 4.85. The first-order chi connectivity index (χ1) is 5.63. The van der Waals surface area contributed by atoms with E-state index in [1.165, 1.54) is 12.1 Å². The molecule has 0 heterocycles. The Bertz CT molecular complexity index is 372. The van der Waals surface area contributed by atoms with Crippen molar-refractivity contribution in [3.63, 3.8) is 0 Å². The number of hydrogen-bond acceptors (Lipinski definition) is 2. The molecule has 5 heteroatoms. The predicted octanol–water partition coefficient (Wildman–Crippen LogP) is 1.90. The van der Waals surface area contributed by atoms with E-state index in [2.05, 4.69) is 15.9 Å². The molecule has 1 atom stereocenters. The highest BCUT2D eigenvalue weighted by atomic mass is 79.9. The Balaban J connectivity index is 3.26. The Morgan fingerprint density at radius 3 is 2.67 bits per heavy atom. The van der Waals surface area contributed by atoms with Crippen molar-refractivity contribution in [1.82, 2.24) is 0 Å². The minimum atomic E-state index is -2.03. The average Bonchev–Trinajstić information content (AvgIpc) is 2.03. The second-order valence-corrected chi connectivity index (χ2v) is 3.92. The van der Waals surface area contributed by atoms with Gasteiger partial charge in [-0.25, -0.2) is 4.21 Å². The van der Waals surface area contributed by atoms with Crippen LogP contribution in [0.2, 0.25) is 0 Å². The highest BCUT2D eigenvalue weighted by Crippen LogP contribution is 2.17. The van der Waals surface area contributed by atoms with Gasteiger partial charge in [0.15, 0.2) is 11.1 Å². The van der Waals surface area contributed by atoms with Gasteiger partial charge in [0.25, 0.3) is 0 Å². The number of halogens is 1. The Morgan fingerprint density at radius 1 is 1.50 bits per heavy atom. The molecule has 1 unspecified atom stereocenters. The van der Waals surface area contributed by atoms with Crippen molar-refractivity contribution in [3.8, 4) is 6.07 Å². The third-order valence-electron chi connectivity index (χ3n) is 1.20. The molecule has 1 aromatic carbocycles. The zero-order valence-corrected chi connectivity index (χ0v) is 8.22. The molecule has 3 nitrogen and oxygen atoms in total. The molecule has 1 aromatic rings. The molecular formula is C7H4BrNO2S. The van der Waals surface area contributed by atoms with Crippen molar-refractivity contribution < 1.29 is 8.76 Å². The van der Waals surface area contributed by atoms with Crippen LogP contribution >= 0.6 is 15.9 Å². The van der Waals surface area contributed by atoms with Gasteiger partial charge in [0, 0.05) is 4.47 Å². The first-order valence-electron chi connectivity index (χ1n) is 2.95.